The molecule has 0 amide bonds. The number of aromatic nitrogens is 2. The van der Waals surface area contributed by atoms with Gasteiger partial charge in [0.25, 0.3) is 10.0 Å². The van der Waals surface area contributed by atoms with Crippen LogP contribution in [0.3, 0.4) is 0 Å². The predicted molar refractivity (Wildman–Crippen MR) is 81.2 cm³/mol. The molecule has 0 unspecified atom stereocenters. The zero-order valence-electron chi connectivity index (χ0n) is 11.8. The van der Waals surface area contributed by atoms with E-state index in [1.807, 2.05) is 6.92 Å². The molecule has 21 heavy (non-hydrogen) atoms. The Morgan fingerprint density at radius 3 is 2.76 bits per heavy atom. The number of aromatic amines is 1. The maximum absolute atomic E-state index is 12.3. The molecule has 0 atom stereocenters. The molecule has 110 valence electrons. The molecule has 0 bridgehead atoms. The number of rotatable bonds is 3. The van der Waals surface area contributed by atoms with Gasteiger partial charge in [-0.15, -0.1) is 0 Å². The number of nitrogens with one attached hydrogen (secondary N) is 2. The number of hydrogen-bond acceptors (Lipinski definition) is 4. The number of nitrogens with zero attached hydrogens (tertiary/aromatic N) is 1. The third kappa shape index (κ3) is 3.42. The SMILES string of the molecule is Cc1ccc(NS(=O)(=O)c2cn[nH]c2C)cc1C#CCN. The summed E-state index contributed by atoms with van der Waals surface area (Å²) in [4.78, 5) is 0.123. The third-order valence-corrected chi connectivity index (χ3v) is 4.38. The topological polar surface area (TPSA) is 101 Å². The summed E-state index contributed by atoms with van der Waals surface area (Å²) in [6.45, 7) is 3.80. The summed E-state index contributed by atoms with van der Waals surface area (Å²) in [5, 5.41) is 6.32. The first-order valence-electron chi connectivity index (χ1n) is 6.26. The van der Waals surface area contributed by atoms with Crippen LogP contribution in [-0.4, -0.2) is 25.2 Å². The van der Waals surface area contributed by atoms with E-state index >= 15 is 0 Å². The van der Waals surface area contributed by atoms with Crippen LogP contribution in [0.5, 0.6) is 0 Å². The van der Waals surface area contributed by atoms with Gasteiger partial charge < -0.3 is 5.73 Å². The number of benzene rings is 1. The minimum Gasteiger partial charge on any atom is -0.320 e. The van der Waals surface area contributed by atoms with Gasteiger partial charge in [0.2, 0.25) is 0 Å². The van der Waals surface area contributed by atoms with Gasteiger partial charge in [0.1, 0.15) is 4.90 Å². The van der Waals surface area contributed by atoms with Crippen LogP contribution in [-0.2, 0) is 10.0 Å². The molecule has 7 heteroatoms. The lowest BCUT2D eigenvalue weighted by Gasteiger charge is -2.08. The Labute approximate surface area is 123 Å². The Hall–Kier alpha value is -2.30. The lowest BCUT2D eigenvalue weighted by molar-refractivity contribution is 0.600. The van der Waals surface area contributed by atoms with Crippen LogP contribution in [0.2, 0.25) is 0 Å². The molecule has 0 aliphatic carbocycles. The van der Waals surface area contributed by atoms with Gasteiger partial charge in [-0.3, -0.25) is 9.82 Å². The van der Waals surface area contributed by atoms with Crippen molar-refractivity contribution in [3.8, 4) is 11.8 Å². The van der Waals surface area contributed by atoms with E-state index in [1.165, 1.54) is 6.20 Å². The van der Waals surface area contributed by atoms with Gasteiger partial charge in [-0.25, -0.2) is 8.42 Å². The fourth-order valence-electron chi connectivity index (χ4n) is 1.79. The van der Waals surface area contributed by atoms with Crippen molar-refractivity contribution in [2.45, 2.75) is 18.7 Å². The second-order valence-electron chi connectivity index (χ2n) is 4.50. The standard InChI is InChI=1S/C14H16N4O2S/c1-10-5-6-13(8-12(10)4-3-7-15)18-21(19,20)14-9-16-17-11(14)2/h5-6,8-9,18H,7,15H2,1-2H3,(H,16,17). The highest BCUT2D eigenvalue weighted by Crippen LogP contribution is 2.20. The zero-order chi connectivity index (χ0) is 15.5. The van der Waals surface area contributed by atoms with Crippen molar-refractivity contribution in [3.05, 3.63) is 41.2 Å². The van der Waals surface area contributed by atoms with Crippen molar-refractivity contribution in [3.63, 3.8) is 0 Å². The Morgan fingerprint density at radius 1 is 1.38 bits per heavy atom. The van der Waals surface area contributed by atoms with Gasteiger partial charge in [-0.05, 0) is 31.5 Å². The first kappa shape index (κ1) is 15.1. The van der Waals surface area contributed by atoms with E-state index in [0.717, 1.165) is 11.1 Å². The minimum atomic E-state index is -3.67. The van der Waals surface area contributed by atoms with Crippen molar-refractivity contribution >= 4 is 15.7 Å². The van der Waals surface area contributed by atoms with Crippen LogP contribution >= 0.6 is 0 Å². The fourth-order valence-corrected chi connectivity index (χ4v) is 2.97. The highest BCUT2D eigenvalue weighted by Gasteiger charge is 2.18. The normalized spacial score (nSPS) is 10.8. The number of sulfonamides is 1. The van der Waals surface area contributed by atoms with Crippen LogP contribution in [0.1, 0.15) is 16.8 Å². The molecule has 6 nitrogen and oxygen atoms in total. The maximum Gasteiger partial charge on any atom is 0.265 e. The summed E-state index contributed by atoms with van der Waals surface area (Å²) in [6, 6.07) is 5.18. The summed E-state index contributed by atoms with van der Waals surface area (Å²) in [5.74, 6) is 5.67. The second kappa shape index (κ2) is 5.99. The van der Waals surface area contributed by atoms with Crippen LogP contribution in [0.4, 0.5) is 5.69 Å². The van der Waals surface area contributed by atoms with E-state index in [1.54, 1.807) is 25.1 Å². The van der Waals surface area contributed by atoms with E-state index in [2.05, 4.69) is 26.8 Å². The van der Waals surface area contributed by atoms with Gasteiger partial charge in [-0.1, -0.05) is 17.9 Å². The number of nitrogens with two attached hydrogens (primary N) is 1. The molecule has 0 aliphatic rings. The number of aryl methyl sites for hydroxylation is 2. The number of hydrogen-bond donors (Lipinski definition) is 3. The molecule has 0 fully saturated rings. The van der Waals surface area contributed by atoms with Gasteiger partial charge >= 0.3 is 0 Å². The van der Waals surface area contributed by atoms with Gasteiger partial charge in [0.05, 0.1) is 24.1 Å². The van der Waals surface area contributed by atoms with Gasteiger partial charge in [-0.2, -0.15) is 5.10 Å². The fraction of sp³-hybridized carbons (Fsp3) is 0.214. The Kier molecular flexibility index (Phi) is 4.31. The lowest BCUT2D eigenvalue weighted by Crippen LogP contribution is -2.13. The molecule has 0 spiro atoms. The Balaban J connectivity index is 2.34. The molecule has 0 aliphatic heterocycles. The van der Waals surface area contributed by atoms with Crippen molar-refractivity contribution in [2.75, 3.05) is 11.3 Å². The summed E-state index contributed by atoms with van der Waals surface area (Å²) in [7, 11) is -3.67. The third-order valence-electron chi connectivity index (χ3n) is 2.89. The highest BCUT2D eigenvalue weighted by molar-refractivity contribution is 7.92. The first-order valence-corrected chi connectivity index (χ1v) is 7.75. The smallest absolute Gasteiger partial charge is 0.265 e. The molecular formula is C14H16N4O2S. The van der Waals surface area contributed by atoms with E-state index in [9.17, 15) is 8.42 Å². The average Bonchev–Trinajstić information content (AvgIpc) is 2.86. The van der Waals surface area contributed by atoms with E-state index in [0.29, 0.717) is 11.4 Å². The predicted octanol–water partition coefficient (Wildman–Crippen LogP) is 1.14. The van der Waals surface area contributed by atoms with Crippen molar-refractivity contribution in [2.24, 2.45) is 5.73 Å². The molecule has 2 aromatic rings. The quantitative estimate of drug-likeness (QED) is 0.740. The largest absolute Gasteiger partial charge is 0.320 e. The maximum atomic E-state index is 12.3. The average molecular weight is 304 g/mol. The molecule has 0 saturated carbocycles. The summed E-state index contributed by atoms with van der Waals surface area (Å²) in [6.07, 6.45) is 1.28. The second-order valence-corrected chi connectivity index (χ2v) is 6.15. The van der Waals surface area contributed by atoms with Gasteiger partial charge in [0.15, 0.2) is 0 Å². The molecule has 0 radical (unpaired) electrons. The number of H-pyrrole nitrogens is 1. The highest BCUT2D eigenvalue weighted by atomic mass is 32.2. The molecule has 1 aromatic carbocycles. The number of anilines is 1. The lowest BCUT2D eigenvalue weighted by atomic mass is 10.1. The van der Waals surface area contributed by atoms with Crippen LogP contribution in [0.15, 0.2) is 29.3 Å². The Morgan fingerprint density at radius 2 is 2.14 bits per heavy atom. The summed E-state index contributed by atoms with van der Waals surface area (Å²) in [5.41, 5.74) is 7.98. The molecular weight excluding hydrogens is 288 g/mol. The zero-order valence-corrected chi connectivity index (χ0v) is 12.6. The minimum absolute atomic E-state index is 0.123. The molecule has 1 heterocycles. The summed E-state index contributed by atoms with van der Waals surface area (Å²) >= 11 is 0. The van der Waals surface area contributed by atoms with Crippen molar-refractivity contribution in [1.82, 2.24) is 10.2 Å². The van der Waals surface area contributed by atoms with Gasteiger partial charge in [0, 0.05) is 5.56 Å². The van der Waals surface area contributed by atoms with Crippen molar-refractivity contribution < 1.29 is 8.42 Å². The van der Waals surface area contributed by atoms with E-state index in [-0.39, 0.29) is 11.4 Å². The monoisotopic (exact) mass is 304 g/mol. The van der Waals surface area contributed by atoms with Crippen LogP contribution in [0, 0.1) is 25.7 Å². The molecule has 0 saturated heterocycles. The summed E-state index contributed by atoms with van der Waals surface area (Å²) < 4.78 is 27.1. The molecule has 1 aromatic heterocycles. The van der Waals surface area contributed by atoms with E-state index in [4.69, 9.17) is 5.73 Å². The van der Waals surface area contributed by atoms with Crippen LogP contribution < -0.4 is 10.5 Å². The van der Waals surface area contributed by atoms with E-state index < -0.39 is 10.0 Å². The Bertz CT molecular complexity index is 813. The molecule has 2 rings (SSSR count). The van der Waals surface area contributed by atoms with Crippen molar-refractivity contribution in [1.29, 1.82) is 0 Å². The molecule has 4 N–H and O–H groups in total. The van der Waals surface area contributed by atoms with Crippen LogP contribution in [0.25, 0.3) is 0 Å². The first-order chi connectivity index (χ1) is 9.94.